The third-order valence-corrected chi connectivity index (χ3v) is 6.79. The Morgan fingerprint density at radius 3 is 2.53 bits per heavy atom. The predicted molar refractivity (Wildman–Crippen MR) is 134 cm³/mol. The first kappa shape index (κ1) is 22.2. The monoisotopic (exact) mass is 471 g/mol. The number of anilines is 1. The Bertz CT molecular complexity index is 1330. The fourth-order valence-electron chi connectivity index (χ4n) is 4.39. The van der Waals surface area contributed by atoms with Crippen molar-refractivity contribution in [3.05, 3.63) is 76.8 Å². The Morgan fingerprint density at radius 2 is 1.68 bits per heavy atom. The second kappa shape index (κ2) is 10.1. The summed E-state index contributed by atoms with van der Waals surface area (Å²) in [5, 5.41) is 5.87. The van der Waals surface area contributed by atoms with E-state index in [4.69, 9.17) is 9.72 Å². The van der Waals surface area contributed by atoms with Crippen LogP contribution in [0.1, 0.15) is 47.3 Å². The minimum Gasteiger partial charge on any atom is -0.452 e. The molecule has 34 heavy (non-hydrogen) atoms. The van der Waals surface area contributed by atoms with Crippen LogP contribution in [0.25, 0.3) is 22.2 Å². The first-order chi connectivity index (χ1) is 16.7. The van der Waals surface area contributed by atoms with Crippen LogP contribution in [0.4, 0.5) is 5.13 Å². The third kappa shape index (κ3) is 4.84. The lowest BCUT2D eigenvalue weighted by atomic mass is 9.91. The second-order valence-electron chi connectivity index (χ2n) is 8.37. The van der Waals surface area contributed by atoms with Gasteiger partial charge < -0.3 is 4.74 Å². The van der Waals surface area contributed by atoms with Crippen molar-refractivity contribution < 1.29 is 14.3 Å². The van der Waals surface area contributed by atoms with Crippen molar-refractivity contribution in [1.29, 1.82) is 0 Å². The maximum absolute atomic E-state index is 13.2. The predicted octanol–water partition coefficient (Wildman–Crippen LogP) is 5.81. The van der Waals surface area contributed by atoms with E-state index in [-0.39, 0.29) is 6.61 Å². The molecular weight excluding hydrogens is 446 g/mol. The number of fused-ring (bicyclic) bond motifs is 2. The number of para-hydroxylation sites is 1. The highest BCUT2D eigenvalue weighted by atomic mass is 32.1. The standard InChI is InChI=1S/C27H25N3O3S/c31-24(30-27-29-23(17-34-27)18-10-4-3-5-11-18)16-33-26(32)25-19-12-6-1-2-7-14-21(19)28-22-15-9-8-13-20(22)25/h3-5,8-11,13,15,17H,1-2,6-7,12,14,16H2,(H,29,30,31). The number of ether oxygens (including phenoxy) is 1. The zero-order valence-corrected chi connectivity index (χ0v) is 19.6. The summed E-state index contributed by atoms with van der Waals surface area (Å²) in [6.07, 6.45) is 6.05. The molecule has 0 radical (unpaired) electrons. The van der Waals surface area contributed by atoms with Gasteiger partial charge in [-0.15, -0.1) is 11.3 Å². The molecule has 0 bridgehead atoms. The van der Waals surface area contributed by atoms with Crippen molar-refractivity contribution in [2.24, 2.45) is 0 Å². The number of pyridine rings is 1. The molecule has 5 rings (SSSR count). The Morgan fingerprint density at radius 1 is 0.912 bits per heavy atom. The highest BCUT2D eigenvalue weighted by Gasteiger charge is 2.23. The van der Waals surface area contributed by atoms with Gasteiger partial charge in [0.1, 0.15) is 0 Å². The van der Waals surface area contributed by atoms with Crippen LogP contribution in [-0.2, 0) is 22.4 Å². The van der Waals surface area contributed by atoms with Gasteiger partial charge in [-0.25, -0.2) is 9.78 Å². The van der Waals surface area contributed by atoms with Crippen LogP contribution in [0.5, 0.6) is 0 Å². The molecule has 172 valence electrons. The first-order valence-corrected chi connectivity index (χ1v) is 12.5. The van der Waals surface area contributed by atoms with Gasteiger partial charge in [0.05, 0.1) is 16.8 Å². The number of nitrogens with zero attached hydrogens (tertiary/aromatic N) is 2. The number of amides is 1. The number of rotatable bonds is 5. The SMILES string of the molecule is O=C(COC(=O)c1c2c(nc3ccccc13)CCCCCC2)Nc1nc(-c2ccccc2)cs1. The van der Waals surface area contributed by atoms with Gasteiger partial charge in [-0.05, 0) is 37.3 Å². The van der Waals surface area contributed by atoms with Gasteiger partial charge in [0.25, 0.3) is 5.91 Å². The maximum Gasteiger partial charge on any atom is 0.339 e. The minimum absolute atomic E-state index is 0.371. The van der Waals surface area contributed by atoms with Crippen LogP contribution in [0.2, 0.25) is 0 Å². The number of esters is 1. The fraction of sp³-hybridized carbons (Fsp3) is 0.259. The molecule has 0 saturated carbocycles. The van der Waals surface area contributed by atoms with Crippen LogP contribution in [0, 0.1) is 0 Å². The fourth-order valence-corrected chi connectivity index (χ4v) is 5.13. The molecule has 1 amide bonds. The minimum atomic E-state index is -0.477. The molecule has 4 aromatic rings. The average Bonchev–Trinajstić information content (AvgIpc) is 3.31. The number of aromatic nitrogens is 2. The zero-order chi connectivity index (χ0) is 23.3. The van der Waals surface area contributed by atoms with Gasteiger partial charge in [0.2, 0.25) is 0 Å². The molecule has 1 N–H and O–H groups in total. The Balaban J connectivity index is 1.32. The highest BCUT2D eigenvalue weighted by Crippen LogP contribution is 2.29. The van der Waals surface area contributed by atoms with Gasteiger partial charge in [0, 0.05) is 22.0 Å². The number of carbonyl (C=O) groups excluding carboxylic acids is 2. The van der Waals surface area contributed by atoms with Crippen molar-refractivity contribution in [3.63, 3.8) is 0 Å². The highest BCUT2D eigenvalue weighted by molar-refractivity contribution is 7.14. The third-order valence-electron chi connectivity index (χ3n) is 6.03. The van der Waals surface area contributed by atoms with Gasteiger partial charge >= 0.3 is 5.97 Å². The molecule has 2 aromatic heterocycles. The smallest absolute Gasteiger partial charge is 0.339 e. The molecule has 7 heteroatoms. The van der Waals surface area contributed by atoms with E-state index >= 15 is 0 Å². The molecule has 0 saturated heterocycles. The molecule has 0 unspecified atom stereocenters. The molecule has 1 aliphatic rings. The normalized spacial score (nSPS) is 13.5. The Labute approximate surface area is 202 Å². The van der Waals surface area contributed by atoms with E-state index in [1.54, 1.807) is 0 Å². The number of hydrogen-bond donors (Lipinski definition) is 1. The van der Waals surface area contributed by atoms with Crippen LogP contribution in [-0.4, -0.2) is 28.5 Å². The first-order valence-electron chi connectivity index (χ1n) is 11.6. The second-order valence-corrected chi connectivity index (χ2v) is 9.23. The van der Waals surface area contributed by atoms with Gasteiger partial charge in [-0.1, -0.05) is 61.4 Å². The lowest BCUT2D eigenvalue weighted by Gasteiger charge is -2.18. The molecule has 0 spiro atoms. The summed E-state index contributed by atoms with van der Waals surface area (Å²) in [5.41, 5.74) is 5.05. The quantitative estimate of drug-likeness (QED) is 0.371. The van der Waals surface area contributed by atoms with E-state index in [2.05, 4.69) is 10.3 Å². The number of carbonyl (C=O) groups is 2. The van der Waals surface area contributed by atoms with E-state index in [1.165, 1.54) is 17.8 Å². The molecule has 6 nitrogen and oxygen atoms in total. The summed E-state index contributed by atoms with van der Waals surface area (Å²) < 4.78 is 5.50. The summed E-state index contributed by atoms with van der Waals surface area (Å²) in [6.45, 7) is -0.371. The van der Waals surface area contributed by atoms with Crippen molar-refractivity contribution in [2.45, 2.75) is 38.5 Å². The zero-order valence-electron chi connectivity index (χ0n) is 18.8. The number of benzene rings is 2. The lowest BCUT2D eigenvalue weighted by molar-refractivity contribution is -0.119. The maximum atomic E-state index is 13.2. The summed E-state index contributed by atoms with van der Waals surface area (Å²) in [5.74, 6) is -0.891. The number of aryl methyl sites for hydroxylation is 1. The largest absolute Gasteiger partial charge is 0.452 e. The Hall–Kier alpha value is -3.58. The molecule has 0 aliphatic heterocycles. The van der Waals surface area contributed by atoms with Crippen molar-refractivity contribution >= 4 is 39.2 Å². The molecule has 0 atom stereocenters. The molecular formula is C27H25N3O3S. The van der Waals surface area contributed by atoms with Crippen molar-refractivity contribution in [2.75, 3.05) is 11.9 Å². The topological polar surface area (TPSA) is 81.2 Å². The van der Waals surface area contributed by atoms with Crippen LogP contribution in [0.3, 0.4) is 0 Å². The number of nitrogens with one attached hydrogen (secondary N) is 1. The van der Waals surface area contributed by atoms with E-state index < -0.39 is 11.9 Å². The van der Waals surface area contributed by atoms with Crippen LogP contribution < -0.4 is 5.32 Å². The van der Waals surface area contributed by atoms with Crippen molar-refractivity contribution in [1.82, 2.24) is 9.97 Å². The summed E-state index contributed by atoms with van der Waals surface area (Å²) >= 11 is 1.34. The Kier molecular flexibility index (Phi) is 6.62. The van der Waals surface area contributed by atoms with Gasteiger partial charge in [-0.2, -0.15) is 0 Å². The number of thiazole rings is 1. The lowest BCUT2D eigenvalue weighted by Crippen LogP contribution is -2.22. The van der Waals surface area contributed by atoms with E-state index in [9.17, 15) is 9.59 Å². The van der Waals surface area contributed by atoms with E-state index in [0.29, 0.717) is 10.7 Å². The number of hydrogen-bond acceptors (Lipinski definition) is 6. The van der Waals surface area contributed by atoms with Gasteiger partial charge in [-0.3, -0.25) is 15.1 Å². The average molecular weight is 472 g/mol. The van der Waals surface area contributed by atoms with E-state index in [0.717, 1.165) is 65.5 Å². The molecule has 1 aliphatic carbocycles. The molecule has 2 heterocycles. The summed E-state index contributed by atoms with van der Waals surface area (Å²) in [7, 11) is 0. The van der Waals surface area contributed by atoms with Gasteiger partial charge in [0.15, 0.2) is 11.7 Å². The molecule has 2 aromatic carbocycles. The summed E-state index contributed by atoms with van der Waals surface area (Å²) in [6, 6.07) is 17.4. The summed E-state index contributed by atoms with van der Waals surface area (Å²) in [4.78, 5) is 35.1. The molecule has 0 fully saturated rings. The van der Waals surface area contributed by atoms with Crippen molar-refractivity contribution in [3.8, 4) is 11.3 Å². The van der Waals surface area contributed by atoms with E-state index in [1.807, 2.05) is 60.0 Å². The van der Waals surface area contributed by atoms with Crippen LogP contribution >= 0.6 is 11.3 Å². The van der Waals surface area contributed by atoms with Crippen LogP contribution in [0.15, 0.2) is 60.0 Å².